The predicted molar refractivity (Wildman–Crippen MR) is 93.5 cm³/mol. The van der Waals surface area contributed by atoms with E-state index in [2.05, 4.69) is 11.4 Å². The van der Waals surface area contributed by atoms with Crippen LogP contribution in [0.25, 0.3) is 0 Å². The number of rotatable bonds is 6. The van der Waals surface area contributed by atoms with Crippen molar-refractivity contribution in [3.05, 3.63) is 29.8 Å². The molecule has 0 aromatic heterocycles. The quantitative estimate of drug-likeness (QED) is 0.632. The lowest BCUT2D eigenvalue weighted by Gasteiger charge is -2.26. The molecule has 2 unspecified atom stereocenters. The molecule has 1 N–H and O–H groups in total. The van der Waals surface area contributed by atoms with Gasteiger partial charge in [-0.3, -0.25) is 9.69 Å². The molecule has 2 fully saturated rings. The number of para-hydroxylation sites is 1. The van der Waals surface area contributed by atoms with Gasteiger partial charge in [-0.1, -0.05) is 18.2 Å². The molecule has 3 aliphatic rings. The number of amides is 3. The zero-order chi connectivity index (χ0) is 17.2. The third-order valence-electron chi connectivity index (χ3n) is 5.39. The van der Waals surface area contributed by atoms with E-state index in [-0.39, 0.29) is 24.1 Å². The summed E-state index contributed by atoms with van der Waals surface area (Å²) in [4.78, 5) is 27.6. The molecule has 0 radical (unpaired) electrons. The summed E-state index contributed by atoms with van der Waals surface area (Å²) in [7, 11) is 0. The number of benzene rings is 1. The molecule has 134 valence electrons. The van der Waals surface area contributed by atoms with Crippen molar-refractivity contribution in [1.29, 1.82) is 0 Å². The minimum absolute atomic E-state index is 0.00489. The van der Waals surface area contributed by atoms with E-state index >= 15 is 0 Å². The topological polar surface area (TPSA) is 61.9 Å². The molecule has 25 heavy (non-hydrogen) atoms. The lowest BCUT2D eigenvalue weighted by Crippen LogP contribution is -2.37. The first-order chi connectivity index (χ1) is 12.2. The Labute approximate surface area is 148 Å². The van der Waals surface area contributed by atoms with Crippen LogP contribution in [0.3, 0.4) is 0 Å². The summed E-state index contributed by atoms with van der Waals surface area (Å²) in [6.07, 6.45) is 4.80. The standard InChI is InChI=1S/C19H25N3O3/c23-18-16-6-3-11-21(16)19(24)22(18)12-4-10-20-13-15-9-8-14-5-1-2-7-17(14)25-15/h1-2,5,7,15-16,20H,3-4,6,8-13H2. The van der Waals surface area contributed by atoms with E-state index in [0.717, 1.165) is 57.5 Å². The summed E-state index contributed by atoms with van der Waals surface area (Å²) in [6.45, 7) is 2.81. The molecule has 0 saturated carbocycles. The highest BCUT2D eigenvalue weighted by molar-refractivity contribution is 6.04. The van der Waals surface area contributed by atoms with Gasteiger partial charge in [-0.15, -0.1) is 0 Å². The van der Waals surface area contributed by atoms with Crippen LogP contribution in [0.15, 0.2) is 24.3 Å². The van der Waals surface area contributed by atoms with Crippen LogP contribution in [0.5, 0.6) is 5.75 Å². The van der Waals surface area contributed by atoms with Gasteiger partial charge in [-0.2, -0.15) is 0 Å². The largest absolute Gasteiger partial charge is 0.489 e. The average molecular weight is 343 g/mol. The molecular formula is C19H25N3O3. The van der Waals surface area contributed by atoms with E-state index < -0.39 is 0 Å². The number of imide groups is 1. The van der Waals surface area contributed by atoms with Crippen molar-refractivity contribution in [2.75, 3.05) is 26.2 Å². The zero-order valence-corrected chi connectivity index (χ0v) is 14.4. The summed E-state index contributed by atoms with van der Waals surface area (Å²) < 4.78 is 6.01. The van der Waals surface area contributed by atoms with Crippen molar-refractivity contribution in [2.45, 2.75) is 44.2 Å². The van der Waals surface area contributed by atoms with Crippen LogP contribution in [-0.2, 0) is 11.2 Å². The normalized spacial score (nSPS) is 25.1. The van der Waals surface area contributed by atoms with Gasteiger partial charge >= 0.3 is 6.03 Å². The van der Waals surface area contributed by atoms with E-state index in [9.17, 15) is 9.59 Å². The Bertz CT molecular complexity index is 641. The smallest absolute Gasteiger partial charge is 0.327 e. The number of carbonyl (C=O) groups excluding carboxylic acids is 2. The van der Waals surface area contributed by atoms with E-state index in [1.54, 1.807) is 4.90 Å². The van der Waals surface area contributed by atoms with E-state index in [1.807, 2.05) is 18.2 Å². The maximum absolute atomic E-state index is 12.2. The van der Waals surface area contributed by atoms with Gasteiger partial charge in [0.05, 0.1) is 0 Å². The number of hydrogen-bond donors (Lipinski definition) is 1. The third kappa shape index (κ3) is 3.23. The average Bonchev–Trinajstić information content (AvgIpc) is 3.20. The Morgan fingerprint density at radius 2 is 2.08 bits per heavy atom. The van der Waals surface area contributed by atoms with Gasteiger partial charge in [0.25, 0.3) is 5.91 Å². The molecule has 6 nitrogen and oxygen atoms in total. The molecule has 1 aromatic carbocycles. The highest BCUT2D eigenvalue weighted by Gasteiger charge is 2.46. The minimum atomic E-state index is -0.184. The first kappa shape index (κ1) is 16.4. The third-order valence-corrected chi connectivity index (χ3v) is 5.39. The second-order valence-corrected chi connectivity index (χ2v) is 7.07. The maximum Gasteiger partial charge on any atom is 0.327 e. The summed E-state index contributed by atoms with van der Waals surface area (Å²) in [5.41, 5.74) is 1.28. The fourth-order valence-corrected chi connectivity index (χ4v) is 4.04. The molecule has 2 atom stereocenters. The molecular weight excluding hydrogens is 318 g/mol. The second-order valence-electron chi connectivity index (χ2n) is 7.07. The molecule has 2 saturated heterocycles. The van der Waals surface area contributed by atoms with Crippen molar-refractivity contribution in [2.24, 2.45) is 0 Å². The lowest BCUT2D eigenvalue weighted by atomic mass is 10.0. The maximum atomic E-state index is 12.2. The highest BCUT2D eigenvalue weighted by Crippen LogP contribution is 2.28. The highest BCUT2D eigenvalue weighted by atomic mass is 16.5. The van der Waals surface area contributed by atoms with E-state index in [0.29, 0.717) is 6.54 Å². The first-order valence-corrected chi connectivity index (χ1v) is 9.31. The minimum Gasteiger partial charge on any atom is -0.489 e. The van der Waals surface area contributed by atoms with Crippen molar-refractivity contribution in [1.82, 2.24) is 15.1 Å². The molecule has 6 heteroatoms. The number of aryl methyl sites for hydroxylation is 1. The summed E-state index contributed by atoms with van der Waals surface area (Å²) in [6, 6.07) is 7.92. The number of nitrogens with zero attached hydrogens (tertiary/aromatic N) is 2. The van der Waals surface area contributed by atoms with Crippen LogP contribution in [-0.4, -0.2) is 60.1 Å². The van der Waals surface area contributed by atoms with Gasteiger partial charge in [-0.05, 0) is 50.3 Å². The Hall–Kier alpha value is -2.08. The fourth-order valence-electron chi connectivity index (χ4n) is 4.04. The lowest BCUT2D eigenvalue weighted by molar-refractivity contribution is -0.128. The van der Waals surface area contributed by atoms with Crippen LogP contribution in [0.1, 0.15) is 31.2 Å². The molecule has 4 rings (SSSR count). The van der Waals surface area contributed by atoms with Crippen molar-refractivity contribution < 1.29 is 14.3 Å². The summed E-state index contributed by atoms with van der Waals surface area (Å²) in [5.74, 6) is 0.990. The van der Waals surface area contributed by atoms with Crippen molar-refractivity contribution in [3.8, 4) is 5.75 Å². The molecule has 1 aromatic rings. The number of hydrogen-bond acceptors (Lipinski definition) is 4. The van der Waals surface area contributed by atoms with Crippen LogP contribution in [0.2, 0.25) is 0 Å². The van der Waals surface area contributed by atoms with Gasteiger partial charge in [0.15, 0.2) is 0 Å². The Morgan fingerprint density at radius 3 is 2.96 bits per heavy atom. The molecule has 3 aliphatic heterocycles. The number of fused-ring (bicyclic) bond motifs is 2. The Balaban J connectivity index is 1.17. The van der Waals surface area contributed by atoms with Crippen LogP contribution in [0.4, 0.5) is 4.79 Å². The first-order valence-electron chi connectivity index (χ1n) is 9.31. The zero-order valence-electron chi connectivity index (χ0n) is 14.4. The molecule has 0 spiro atoms. The molecule has 3 amide bonds. The summed E-state index contributed by atoms with van der Waals surface area (Å²) >= 11 is 0. The molecule has 0 bridgehead atoms. The monoisotopic (exact) mass is 343 g/mol. The van der Waals surface area contributed by atoms with E-state index in [1.165, 1.54) is 10.5 Å². The summed E-state index contributed by atoms with van der Waals surface area (Å²) in [5, 5.41) is 3.40. The Kier molecular flexibility index (Phi) is 4.61. The van der Waals surface area contributed by atoms with Crippen molar-refractivity contribution >= 4 is 11.9 Å². The SMILES string of the molecule is O=C1C2CCCN2C(=O)N1CCCNCC1CCc2ccccc2O1. The van der Waals surface area contributed by atoms with Gasteiger partial charge in [0.1, 0.15) is 17.9 Å². The van der Waals surface area contributed by atoms with Gasteiger partial charge in [-0.25, -0.2) is 4.79 Å². The van der Waals surface area contributed by atoms with Crippen molar-refractivity contribution in [3.63, 3.8) is 0 Å². The van der Waals surface area contributed by atoms with E-state index in [4.69, 9.17) is 4.74 Å². The number of ether oxygens (including phenoxy) is 1. The number of carbonyl (C=O) groups is 2. The predicted octanol–water partition coefficient (Wildman–Crippen LogP) is 1.79. The Morgan fingerprint density at radius 1 is 1.20 bits per heavy atom. The fraction of sp³-hybridized carbons (Fsp3) is 0.579. The second kappa shape index (κ2) is 7.04. The van der Waals surface area contributed by atoms with Gasteiger partial charge < -0.3 is 15.0 Å². The number of nitrogens with one attached hydrogen (secondary N) is 1. The molecule has 3 heterocycles. The van der Waals surface area contributed by atoms with Gasteiger partial charge in [0, 0.05) is 19.6 Å². The van der Waals surface area contributed by atoms with Crippen LogP contribution < -0.4 is 10.1 Å². The number of urea groups is 1. The van der Waals surface area contributed by atoms with Crippen LogP contribution in [0, 0.1) is 0 Å². The van der Waals surface area contributed by atoms with Gasteiger partial charge in [0.2, 0.25) is 0 Å². The van der Waals surface area contributed by atoms with Crippen LogP contribution >= 0.6 is 0 Å². The molecule has 0 aliphatic carbocycles.